The first-order valence-corrected chi connectivity index (χ1v) is 10.9. The van der Waals surface area contributed by atoms with Crippen molar-refractivity contribution in [1.29, 1.82) is 0 Å². The van der Waals surface area contributed by atoms with Crippen molar-refractivity contribution in [1.82, 2.24) is 0 Å². The topological polar surface area (TPSA) is 43.4 Å². The minimum absolute atomic E-state index is 0.0242. The Morgan fingerprint density at radius 1 is 1.07 bits per heavy atom. The van der Waals surface area contributed by atoms with Gasteiger partial charge in [0.2, 0.25) is 0 Å². The summed E-state index contributed by atoms with van der Waals surface area (Å²) in [6.45, 7) is 9.53. The standard InChI is InChI=1S/C24H32O3/c1-14-15(2)21-17(22(3)9-5-16(25)13-19(14)22)6-10-23(4)18(21)7-11-24(23)12-8-20(26)27-24/h7,11,13-15,17-18,21H,5-6,8-10,12H2,1-4H3/t14-,15+,17?,18?,21?,22-,23+,24-/m1/s1. The molecule has 3 nitrogen and oxygen atoms in total. The molecule has 0 amide bonds. The van der Waals surface area contributed by atoms with Gasteiger partial charge in [0.05, 0.1) is 0 Å². The Kier molecular flexibility index (Phi) is 3.51. The summed E-state index contributed by atoms with van der Waals surface area (Å²) in [5.74, 6) is 2.97. The van der Waals surface area contributed by atoms with E-state index in [-0.39, 0.29) is 22.4 Å². The molecule has 2 saturated carbocycles. The molecule has 5 aliphatic rings. The monoisotopic (exact) mass is 368 g/mol. The number of allylic oxidation sites excluding steroid dienone is 3. The van der Waals surface area contributed by atoms with Crippen LogP contribution in [-0.4, -0.2) is 17.4 Å². The zero-order valence-corrected chi connectivity index (χ0v) is 17.1. The van der Waals surface area contributed by atoms with Gasteiger partial charge in [0.25, 0.3) is 0 Å². The SMILES string of the molecule is C[C@@H]1C2C(CC[C@@]3(C)C2C=C[C@@]32CCC(=O)O2)[C@@]2(C)CCC(=O)C=C2[C@@H]1C. The van der Waals surface area contributed by atoms with Gasteiger partial charge in [0, 0.05) is 24.7 Å². The van der Waals surface area contributed by atoms with Crippen LogP contribution < -0.4 is 0 Å². The molecule has 1 aliphatic heterocycles. The number of esters is 1. The molecule has 3 heteroatoms. The van der Waals surface area contributed by atoms with Crippen LogP contribution in [0.2, 0.25) is 0 Å². The van der Waals surface area contributed by atoms with Crippen molar-refractivity contribution in [2.45, 2.75) is 71.8 Å². The summed E-state index contributed by atoms with van der Waals surface area (Å²) < 4.78 is 5.99. The molecule has 1 saturated heterocycles. The van der Waals surface area contributed by atoms with Crippen molar-refractivity contribution in [2.24, 2.45) is 40.4 Å². The molecule has 3 fully saturated rings. The third-order valence-electron chi connectivity index (χ3n) is 9.70. The lowest BCUT2D eigenvalue weighted by Crippen LogP contribution is -2.58. The van der Waals surface area contributed by atoms with Crippen LogP contribution in [0.25, 0.3) is 0 Å². The Balaban J connectivity index is 1.57. The number of carbonyl (C=O) groups is 2. The third-order valence-corrected chi connectivity index (χ3v) is 9.70. The lowest BCUT2D eigenvalue weighted by atomic mass is 9.42. The van der Waals surface area contributed by atoms with Gasteiger partial charge < -0.3 is 4.74 Å². The van der Waals surface area contributed by atoms with Crippen LogP contribution in [0.1, 0.15) is 66.2 Å². The predicted molar refractivity (Wildman–Crippen MR) is 104 cm³/mol. The molecule has 8 atom stereocenters. The molecule has 0 aromatic carbocycles. The Labute approximate surface area is 162 Å². The summed E-state index contributed by atoms with van der Waals surface area (Å²) in [5.41, 5.74) is 1.22. The van der Waals surface area contributed by atoms with Gasteiger partial charge in [-0.05, 0) is 66.4 Å². The number of ether oxygens (including phenoxy) is 1. The smallest absolute Gasteiger partial charge is 0.306 e. The highest BCUT2D eigenvalue weighted by Gasteiger charge is 2.66. The number of fused-ring (bicyclic) bond motifs is 6. The van der Waals surface area contributed by atoms with Gasteiger partial charge in [-0.25, -0.2) is 0 Å². The molecule has 0 bridgehead atoms. The van der Waals surface area contributed by atoms with E-state index in [1.807, 2.05) is 6.08 Å². The quantitative estimate of drug-likeness (QED) is 0.453. The predicted octanol–water partition coefficient (Wildman–Crippen LogP) is 4.86. The zero-order chi connectivity index (χ0) is 19.2. The van der Waals surface area contributed by atoms with E-state index in [1.54, 1.807) is 0 Å². The van der Waals surface area contributed by atoms with E-state index in [0.717, 1.165) is 19.3 Å². The minimum atomic E-state index is -0.373. The van der Waals surface area contributed by atoms with Crippen LogP contribution in [0.5, 0.6) is 0 Å². The number of rotatable bonds is 0. The molecule has 0 aromatic rings. The summed E-state index contributed by atoms with van der Waals surface area (Å²) in [6, 6.07) is 0. The van der Waals surface area contributed by atoms with Crippen molar-refractivity contribution in [3.8, 4) is 0 Å². The van der Waals surface area contributed by atoms with Gasteiger partial charge in [-0.2, -0.15) is 0 Å². The second kappa shape index (κ2) is 5.36. The van der Waals surface area contributed by atoms with E-state index < -0.39 is 0 Å². The van der Waals surface area contributed by atoms with Crippen molar-refractivity contribution in [3.05, 3.63) is 23.8 Å². The van der Waals surface area contributed by atoms with E-state index in [9.17, 15) is 9.59 Å². The van der Waals surface area contributed by atoms with E-state index in [4.69, 9.17) is 4.74 Å². The first kappa shape index (κ1) is 17.7. The third kappa shape index (κ3) is 2.04. The van der Waals surface area contributed by atoms with Gasteiger partial charge in [-0.3, -0.25) is 9.59 Å². The summed E-state index contributed by atoms with van der Waals surface area (Å²) >= 11 is 0. The Bertz CT molecular complexity index is 778. The fourth-order valence-electron chi connectivity index (χ4n) is 7.93. The average molecular weight is 369 g/mol. The second-order valence-corrected chi connectivity index (χ2v) is 10.5. The van der Waals surface area contributed by atoms with Crippen molar-refractivity contribution in [2.75, 3.05) is 0 Å². The molecule has 27 heavy (non-hydrogen) atoms. The molecule has 0 radical (unpaired) electrons. The maximum atomic E-state index is 12.2. The largest absolute Gasteiger partial charge is 0.454 e. The molecule has 5 rings (SSSR count). The maximum Gasteiger partial charge on any atom is 0.306 e. The van der Waals surface area contributed by atoms with Gasteiger partial charge in [-0.15, -0.1) is 0 Å². The summed E-state index contributed by atoms with van der Waals surface area (Å²) in [6.07, 6.45) is 12.0. The van der Waals surface area contributed by atoms with Crippen LogP contribution in [0.3, 0.4) is 0 Å². The van der Waals surface area contributed by atoms with Gasteiger partial charge in [0.1, 0.15) is 5.60 Å². The van der Waals surface area contributed by atoms with E-state index in [1.165, 1.54) is 12.0 Å². The number of hydrogen-bond acceptors (Lipinski definition) is 3. The first-order chi connectivity index (χ1) is 12.7. The minimum Gasteiger partial charge on any atom is -0.454 e. The zero-order valence-electron chi connectivity index (χ0n) is 17.1. The normalized spacial score (nSPS) is 53.6. The number of carbonyl (C=O) groups excluding carboxylic acids is 2. The number of hydrogen-bond donors (Lipinski definition) is 0. The highest BCUT2D eigenvalue weighted by Crippen LogP contribution is 2.69. The highest BCUT2D eigenvalue weighted by molar-refractivity contribution is 5.91. The maximum absolute atomic E-state index is 12.2. The Morgan fingerprint density at radius 3 is 2.56 bits per heavy atom. The van der Waals surface area contributed by atoms with Crippen molar-refractivity contribution in [3.63, 3.8) is 0 Å². The number of ketones is 1. The Hall–Kier alpha value is -1.38. The molecule has 0 aromatic heterocycles. The van der Waals surface area contributed by atoms with Crippen LogP contribution in [-0.2, 0) is 14.3 Å². The Morgan fingerprint density at radius 2 is 1.85 bits per heavy atom. The van der Waals surface area contributed by atoms with E-state index in [2.05, 4.69) is 39.8 Å². The van der Waals surface area contributed by atoms with E-state index in [0.29, 0.717) is 48.2 Å². The second-order valence-electron chi connectivity index (χ2n) is 10.5. The highest BCUT2D eigenvalue weighted by atomic mass is 16.6. The van der Waals surface area contributed by atoms with Crippen molar-refractivity contribution >= 4 is 11.8 Å². The fraction of sp³-hybridized carbons (Fsp3) is 0.750. The lowest BCUT2D eigenvalue weighted by Gasteiger charge is -2.62. The first-order valence-electron chi connectivity index (χ1n) is 10.9. The molecule has 1 heterocycles. The van der Waals surface area contributed by atoms with Crippen LogP contribution >= 0.6 is 0 Å². The van der Waals surface area contributed by atoms with Crippen LogP contribution in [0.4, 0.5) is 0 Å². The molecule has 1 spiro atoms. The van der Waals surface area contributed by atoms with Gasteiger partial charge in [0.15, 0.2) is 5.78 Å². The van der Waals surface area contributed by atoms with Gasteiger partial charge in [-0.1, -0.05) is 39.3 Å². The molecule has 0 N–H and O–H groups in total. The average Bonchev–Trinajstić information content (AvgIpc) is 3.15. The van der Waals surface area contributed by atoms with E-state index >= 15 is 0 Å². The lowest BCUT2D eigenvalue weighted by molar-refractivity contribution is -0.166. The molecule has 146 valence electrons. The summed E-state index contributed by atoms with van der Waals surface area (Å²) in [5, 5.41) is 0. The van der Waals surface area contributed by atoms with Crippen molar-refractivity contribution < 1.29 is 14.3 Å². The van der Waals surface area contributed by atoms with Gasteiger partial charge >= 0.3 is 5.97 Å². The summed E-state index contributed by atoms with van der Waals surface area (Å²) in [7, 11) is 0. The summed E-state index contributed by atoms with van der Waals surface area (Å²) in [4.78, 5) is 24.2. The molecular weight excluding hydrogens is 336 g/mol. The fourth-order valence-corrected chi connectivity index (χ4v) is 7.93. The molecule has 3 unspecified atom stereocenters. The molecular formula is C24H32O3. The van der Waals surface area contributed by atoms with Crippen LogP contribution in [0.15, 0.2) is 23.8 Å². The van der Waals surface area contributed by atoms with Crippen LogP contribution in [0, 0.1) is 40.4 Å². The molecule has 4 aliphatic carbocycles.